The Kier molecular flexibility index (Phi) is 2.92. The van der Waals surface area contributed by atoms with Gasteiger partial charge in [0.15, 0.2) is 0 Å². The van der Waals surface area contributed by atoms with Crippen LogP contribution in [0.25, 0.3) is 0 Å². The van der Waals surface area contributed by atoms with Crippen LogP contribution in [0.1, 0.15) is 12.8 Å². The van der Waals surface area contributed by atoms with Gasteiger partial charge < -0.3 is 4.74 Å². The summed E-state index contributed by atoms with van der Waals surface area (Å²) in [6.45, 7) is 0. The summed E-state index contributed by atoms with van der Waals surface area (Å²) in [7, 11) is 0. The third-order valence-corrected chi connectivity index (χ3v) is 1.55. The summed E-state index contributed by atoms with van der Waals surface area (Å²) in [4.78, 5) is 10.8. The fraction of sp³-hybridized carbons (Fsp3) is 0.500. The Morgan fingerprint density at radius 3 is 2.50 bits per heavy atom. The average molecular weight is 270 g/mol. The third-order valence-electron chi connectivity index (χ3n) is 1.17. The molecule has 0 bridgehead atoms. The van der Waals surface area contributed by atoms with E-state index in [1.54, 1.807) is 0 Å². The van der Waals surface area contributed by atoms with Crippen molar-refractivity contribution in [2.75, 3.05) is 0 Å². The maximum Gasteiger partial charge on any atom is 0.313 e. The molecule has 0 aliphatic heterocycles. The number of carbonyl (C=O) groups excluding carboxylic acids is 1. The molecule has 0 radical (unpaired) electrons. The summed E-state index contributed by atoms with van der Waals surface area (Å²) in [5.41, 5.74) is 0. The van der Waals surface area contributed by atoms with E-state index < -0.39 is 0 Å². The van der Waals surface area contributed by atoms with Gasteiger partial charge in [-0.15, -0.1) is 0 Å². The maximum absolute atomic E-state index is 10.8. The molecular weight excluding hydrogens is 264 g/mol. The molecule has 0 heterocycles. The molecule has 1 saturated carbocycles. The van der Waals surface area contributed by atoms with Crippen LogP contribution in [0, 0.1) is 5.92 Å². The lowest BCUT2D eigenvalue weighted by Gasteiger charge is -1.93. The van der Waals surface area contributed by atoms with E-state index in [1.165, 1.54) is 6.26 Å². The van der Waals surface area contributed by atoms with E-state index in [4.69, 9.17) is 4.74 Å². The van der Waals surface area contributed by atoms with Gasteiger partial charge in [-0.25, -0.2) is 0 Å². The monoisotopic (exact) mass is 268 g/mol. The lowest BCUT2D eigenvalue weighted by atomic mass is 10.4. The molecule has 1 aliphatic carbocycles. The molecule has 1 aliphatic rings. The van der Waals surface area contributed by atoms with E-state index >= 15 is 0 Å². The zero-order chi connectivity index (χ0) is 7.56. The van der Waals surface area contributed by atoms with Gasteiger partial charge in [0.1, 0.15) is 6.26 Å². The SMILES string of the molecule is O=C(OC=C(Br)Br)C1CC1. The summed E-state index contributed by atoms with van der Waals surface area (Å²) in [6, 6.07) is 0. The Morgan fingerprint density at radius 2 is 2.10 bits per heavy atom. The van der Waals surface area contributed by atoms with Crippen LogP contribution in [0.3, 0.4) is 0 Å². The van der Waals surface area contributed by atoms with Gasteiger partial charge in [0, 0.05) is 0 Å². The maximum atomic E-state index is 10.8. The fourth-order valence-electron chi connectivity index (χ4n) is 0.518. The van der Waals surface area contributed by atoms with Crippen molar-refractivity contribution in [1.82, 2.24) is 0 Å². The summed E-state index contributed by atoms with van der Waals surface area (Å²) in [5.74, 6) is 0.0343. The van der Waals surface area contributed by atoms with Crippen molar-refractivity contribution < 1.29 is 9.53 Å². The minimum Gasteiger partial charge on any atom is -0.433 e. The number of hydrogen-bond donors (Lipinski definition) is 0. The first-order valence-electron chi connectivity index (χ1n) is 2.92. The van der Waals surface area contributed by atoms with Crippen LogP contribution in [-0.4, -0.2) is 5.97 Å². The largest absolute Gasteiger partial charge is 0.433 e. The summed E-state index contributed by atoms with van der Waals surface area (Å²) in [6.07, 6.45) is 3.31. The Morgan fingerprint density at radius 1 is 1.50 bits per heavy atom. The first kappa shape index (κ1) is 8.27. The molecule has 1 fully saturated rings. The van der Waals surface area contributed by atoms with Gasteiger partial charge in [-0.1, -0.05) is 0 Å². The van der Waals surface area contributed by atoms with Crippen LogP contribution < -0.4 is 0 Å². The van der Waals surface area contributed by atoms with Crippen LogP contribution in [0.5, 0.6) is 0 Å². The topological polar surface area (TPSA) is 26.3 Å². The van der Waals surface area contributed by atoms with Gasteiger partial charge in [0.25, 0.3) is 0 Å². The number of hydrogen-bond acceptors (Lipinski definition) is 2. The van der Waals surface area contributed by atoms with E-state index in [-0.39, 0.29) is 11.9 Å². The zero-order valence-corrected chi connectivity index (χ0v) is 8.31. The van der Waals surface area contributed by atoms with Crippen molar-refractivity contribution in [2.45, 2.75) is 12.8 Å². The number of ether oxygens (including phenoxy) is 1. The summed E-state index contributed by atoms with van der Waals surface area (Å²) < 4.78 is 5.38. The third kappa shape index (κ3) is 2.84. The lowest BCUT2D eigenvalue weighted by Crippen LogP contribution is -2.00. The second-order valence-corrected chi connectivity index (χ2v) is 4.89. The van der Waals surface area contributed by atoms with Crippen LogP contribution >= 0.6 is 31.9 Å². The van der Waals surface area contributed by atoms with Gasteiger partial charge in [-0.05, 0) is 44.7 Å². The highest BCUT2D eigenvalue weighted by Crippen LogP contribution is 2.30. The highest BCUT2D eigenvalue weighted by atomic mass is 79.9. The van der Waals surface area contributed by atoms with E-state index in [0.29, 0.717) is 3.39 Å². The lowest BCUT2D eigenvalue weighted by molar-refractivity contribution is -0.139. The molecule has 1 rings (SSSR count). The number of rotatable bonds is 2. The van der Waals surface area contributed by atoms with E-state index in [1.807, 2.05) is 0 Å². The van der Waals surface area contributed by atoms with Crippen molar-refractivity contribution in [3.63, 3.8) is 0 Å². The zero-order valence-electron chi connectivity index (χ0n) is 5.14. The number of halogens is 2. The Labute approximate surface area is 75.9 Å². The molecule has 0 aromatic carbocycles. The van der Waals surface area contributed by atoms with E-state index in [9.17, 15) is 4.79 Å². The normalized spacial score (nSPS) is 16.2. The second kappa shape index (κ2) is 3.53. The molecule has 0 aromatic heterocycles. The smallest absolute Gasteiger partial charge is 0.313 e. The van der Waals surface area contributed by atoms with Crippen molar-refractivity contribution in [2.24, 2.45) is 5.92 Å². The molecule has 0 saturated heterocycles. The fourth-order valence-corrected chi connectivity index (χ4v) is 0.705. The van der Waals surface area contributed by atoms with Gasteiger partial charge in [-0.2, -0.15) is 0 Å². The molecule has 56 valence electrons. The van der Waals surface area contributed by atoms with Crippen LogP contribution in [-0.2, 0) is 9.53 Å². The molecule has 4 heteroatoms. The summed E-state index contributed by atoms with van der Waals surface area (Å²) in [5, 5.41) is 0. The minimum atomic E-state index is -0.128. The molecule has 10 heavy (non-hydrogen) atoms. The minimum absolute atomic E-state index is 0.128. The molecule has 0 aromatic rings. The van der Waals surface area contributed by atoms with Crippen LogP contribution in [0.2, 0.25) is 0 Å². The highest BCUT2D eigenvalue weighted by Gasteiger charge is 2.30. The number of carbonyl (C=O) groups is 1. The van der Waals surface area contributed by atoms with Crippen molar-refractivity contribution in [1.29, 1.82) is 0 Å². The van der Waals surface area contributed by atoms with Crippen molar-refractivity contribution in [3.05, 3.63) is 9.65 Å². The second-order valence-electron chi connectivity index (χ2n) is 2.12. The first-order chi connectivity index (χ1) is 4.70. The molecule has 2 nitrogen and oxygen atoms in total. The summed E-state index contributed by atoms with van der Waals surface area (Å²) >= 11 is 6.15. The Balaban J connectivity index is 2.24. The standard InChI is InChI=1S/C6H6Br2O2/c7-5(8)3-10-6(9)4-1-2-4/h3-4H,1-2H2. The average Bonchev–Trinajstić information content (AvgIpc) is 2.63. The Hall–Kier alpha value is 0.170. The molecule has 0 unspecified atom stereocenters. The Bertz CT molecular complexity index is 169. The quantitative estimate of drug-likeness (QED) is 0.569. The molecule has 0 N–H and O–H groups in total. The van der Waals surface area contributed by atoms with Gasteiger partial charge in [0.2, 0.25) is 0 Å². The predicted molar refractivity (Wildman–Crippen MR) is 44.8 cm³/mol. The van der Waals surface area contributed by atoms with Crippen LogP contribution in [0.4, 0.5) is 0 Å². The predicted octanol–water partition coefficient (Wildman–Crippen LogP) is 2.53. The van der Waals surface area contributed by atoms with Crippen LogP contribution in [0.15, 0.2) is 9.65 Å². The van der Waals surface area contributed by atoms with E-state index in [2.05, 4.69) is 31.9 Å². The number of esters is 1. The van der Waals surface area contributed by atoms with Gasteiger partial charge >= 0.3 is 5.97 Å². The first-order valence-corrected chi connectivity index (χ1v) is 4.50. The van der Waals surface area contributed by atoms with Crippen molar-refractivity contribution in [3.8, 4) is 0 Å². The molecule has 0 atom stereocenters. The van der Waals surface area contributed by atoms with Crippen molar-refractivity contribution >= 4 is 37.8 Å². The molecule has 0 amide bonds. The van der Waals surface area contributed by atoms with Gasteiger partial charge in [0.05, 0.1) is 9.31 Å². The molecule has 0 spiro atoms. The molecular formula is C6H6Br2O2. The van der Waals surface area contributed by atoms with Gasteiger partial charge in [-0.3, -0.25) is 4.79 Å². The van der Waals surface area contributed by atoms with E-state index in [0.717, 1.165) is 12.8 Å². The highest BCUT2D eigenvalue weighted by molar-refractivity contribution is 9.28.